The fourth-order valence-corrected chi connectivity index (χ4v) is 11.9. The molecule has 0 saturated carbocycles. The molecule has 2 fully saturated rings. The number of nitrogens with one attached hydrogen (secondary N) is 1. The highest BCUT2D eigenvalue weighted by Gasteiger charge is 2.82. The maximum absolute atomic E-state index is 13.7. The Morgan fingerprint density at radius 2 is 1.37 bits per heavy atom. The van der Waals surface area contributed by atoms with E-state index in [9.17, 15) is 9.59 Å². The first-order valence-corrected chi connectivity index (χ1v) is 22.8. The Hall–Kier alpha value is -1.25. The molecule has 2 aliphatic rings. The molecule has 52 heavy (non-hydrogen) atoms. The first kappa shape index (κ1) is 46.9. The number of nitrogens with zero attached hydrogens (tertiary/aromatic N) is 1. The standard InChI is InChI=1S/C28H58N2O19Si3/c1-10-35-46-50(39-23-33-8)40-25(34-9)17-14-19-30(20-16-21-51(41-24(5)31,27(6)42-43-27)28(7)44-45-28)26(32)29-18-15-22-52(47-36-11-2,48-37-12-3)49-38-13-4/h25,50H,10-23H2,1-9H3,(H,29,32). The normalized spacial score (nSPS) is 17.4. The van der Waals surface area contributed by atoms with Crippen LogP contribution in [0.3, 0.4) is 0 Å². The van der Waals surface area contributed by atoms with Crippen LogP contribution >= 0.6 is 0 Å². The van der Waals surface area contributed by atoms with Crippen molar-refractivity contribution in [2.45, 2.75) is 103 Å². The number of ether oxygens (including phenoxy) is 2. The summed E-state index contributed by atoms with van der Waals surface area (Å²) in [5, 5.41) is 2.94. The minimum atomic E-state index is -3.58. The van der Waals surface area contributed by atoms with Crippen molar-refractivity contribution in [2.75, 3.05) is 67.1 Å². The van der Waals surface area contributed by atoms with Gasteiger partial charge in [0.05, 0.1) is 26.4 Å². The van der Waals surface area contributed by atoms with Gasteiger partial charge in [-0.2, -0.15) is 19.6 Å². The average Bonchev–Trinajstić information content (AvgIpc) is 4.07. The van der Waals surface area contributed by atoms with E-state index >= 15 is 0 Å². The van der Waals surface area contributed by atoms with Gasteiger partial charge in [0.2, 0.25) is 0 Å². The lowest BCUT2D eigenvalue weighted by atomic mass is 10.2. The number of carbonyl (C=O) groups excluding carboxylic acids is 2. The molecule has 21 nitrogen and oxygen atoms in total. The molecule has 2 heterocycles. The fourth-order valence-electron chi connectivity index (χ4n) is 4.95. The van der Waals surface area contributed by atoms with E-state index in [-0.39, 0.29) is 51.8 Å². The van der Waals surface area contributed by atoms with Gasteiger partial charge in [0.25, 0.3) is 16.8 Å². The second kappa shape index (κ2) is 24.3. The molecular formula is C28H58N2O19Si3. The van der Waals surface area contributed by atoms with Gasteiger partial charge in [-0.15, -0.1) is 0 Å². The molecule has 306 valence electrons. The lowest BCUT2D eigenvalue weighted by molar-refractivity contribution is -0.360. The minimum absolute atomic E-state index is 0.0480. The zero-order valence-electron chi connectivity index (χ0n) is 31.8. The van der Waals surface area contributed by atoms with E-state index in [1.165, 1.54) is 21.1 Å². The molecule has 0 aromatic carbocycles. The first-order chi connectivity index (χ1) is 24.9. The van der Waals surface area contributed by atoms with Crippen LogP contribution in [0.15, 0.2) is 0 Å². The van der Waals surface area contributed by atoms with Crippen LogP contribution in [0.1, 0.15) is 74.1 Å². The Kier molecular flexibility index (Phi) is 21.9. The minimum Gasteiger partial charge on any atom is -0.507 e. The number of urea groups is 1. The molecule has 2 aliphatic heterocycles. The van der Waals surface area contributed by atoms with Gasteiger partial charge < -0.3 is 33.0 Å². The molecule has 2 atom stereocenters. The number of hydrogen-bond acceptors (Lipinski definition) is 19. The van der Waals surface area contributed by atoms with Crippen LogP contribution in [-0.4, -0.2) is 128 Å². The first-order valence-electron chi connectivity index (χ1n) is 17.4. The van der Waals surface area contributed by atoms with E-state index in [0.29, 0.717) is 44.9 Å². The molecule has 0 aliphatic carbocycles. The number of carbonyl (C=O) groups is 2. The summed E-state index contributed by atoms with van der Waals surface area (Å²) in [6.45, 7) is 13.4. The number of amides is 2. The summed E-state index contributed by atoms with van der Waals surface area (Å²) < 4.78 is 49.4. The fraction of sp³-hybridized carbons (Fsp3) is 0.929. The SMILES string of the molecule is CCOO[SiH](OCOC)OC(CCCN(CCC[Si](OC(C)=O)(C1(C)OO1)C1(C)OO1)C(=O)NCCC[Si](OOCC)(OOCC)OOCC)OC. The second-order valence-electron chi connectivity index (χ2n) is 11.5. The third kappa shape index (κ3) is 15.1. The molecule has 2 unspecified atom stereocenters. The van der Waals surface area contributed by atoms with Crippen molar-refractivity contribution < 1.29 is 89.7 Å². The summed E-state index contributed by atoms with van der Waals surface area (Å²) >= 11 is 0. The van der Waals surface area contributed by atoms with Crippen molar-refractivity contribution in [2.24, 2.45) is 0 Å². The molecule has 24 heteroatoms. The summed E-state index contributed by atoms with van der Waals surface area (Å²) in [7, 11) is -6.76. The molecule has 0 aromatic heterocycles. The van der Waals surface area contributed by atoms with Crippen molar-refractivity contribution in [3.05, 3.63) is 0 Å². The van der Waals surface area contributed by atoms with Crippen LogP contribution in [0.2, 0.25) is 12.1 Å². The summed E-state index contributed by atoms with van der Waals surface area (Å²) in [6, 6.07) is 0.154. The van der Waals surface area contributed by atoms with E-state index in [1.807, 2.05) is 0 Å². The molecule has 0 spiro atoms. The predicted octanol–water partition coefficient (Wildman–Crippen LogP) is 2.64. The van der Waals surface area contributed by atoms with Gasteiger partial charge in [-0.05, 0) is 73.3 Å². The maximum atomic E-state index is 13.7. The molecular weight excluding hydrogens is 753 g/mol. The number of methoxy groups -OCH3 is 2. The van der Waals surface area contributed by atoms with E-state index in [1.54, 1.807) is 46.4 Å². The lowest BCUT2D eigenvalue weighted by Crippen LogP contribution is -2.63. The summed E-state index contributed by atoms with van der Waals surface area (Å²) in [4.78, 5) is 69.2. The number of hydrogen-bond donors (Lipinski definition) is 1. The van der Waals surface area contributed by atoms with Crippen molar-refractivity contribution in [1.82, 2.24) is 10.2 Å². The van der Waals surface area contributed by atoms with Crippen molar-refractivity contribution >= 4 is 38.6 Å². The van der Waals surface area contributed by atoms with Gasteiger partial charge in [0, 0.05) is 46.8 Å². The van der Waals surface area contributed by atoms with Gasteiger partial charge in [-0.25, -0.2) is 42.7 Å². The van der Waals surface area contributed by atoms with Crippen LogP contribution in [0.4, 0.5) is 4.79 Å². The zero-order chi connectivity index (χ0) is 38.5. The monoisotopic (exact) mass is 810 g/mol. The molecule has 2 rings (SSSR count). The number of rotatable bonds is 33. The van der Waals surface area contributed by atoms with Crippen molar-refractivity contribution in [3.8, 4) is 0 Å². The van der Waals surface area contributed by atoms with Crippen LogP contribution in [-0.2, 0) is 85.0 Å². The van der Waals surface area contributed by atoms with Crippen molar-refractivity contribution in [3.63, 3.8) is 0 Å². The van der Waals surface area contributed by atoms with Gasteiger partial charge >= 0.3 is 32.7 Å². The maximum Gasteiger partial charge on any atom is 0.584 e. The van der Waals surface area contributed by atoms with E-state index in [2.05, 4.69) is 5.32 Å². The Bertz CT molecular complexity index is 968. The summed E-state index contributed by atoms with van der Waals surface area (Å²) in [5.74, 6) is -0.522. The predicted molar refractivity (Wildman–Crippen MR) is 180 cm³/mol. The van der Waals surface area contributed by atoms with Crippen LogP contribution in [0, 0.1) is 0 Å². The van der Waals surface area contributed by atoms with Crippen LogP contribution in [0.5, 0.6) is 0 Å². The molecule has 0 bridgehead atoms. The molecule has 0 aromatic rings. The third-order valence-corrected chi connectivity index (χ3v) is 15.8. The lowest BCUT2D eigenvalue weighted by Gasteiger charge is -2.32. The van der Waals surface area contributed by atoms with Gasteiger partial charge in [-0.1, -0.05) is 0 Å². The van der Waals surface area contributed by atoms with Crippen LogP contribution < -0.4 is 5.32 Å². The quantitative estimate of drug-likeness (QED) is 0.0251. The van der Waals surface area contributed by atoms with Gasteiger partial charge in [0.15, 0.2) is 6.29 Å². The summed E-state index contributed by atoms with van der Waals surface area (Å²) in [5.41, 5.74) is -2.36. The summed E-state index contributed by atoms with van der Waals surface area (Å²) in [6.07, 6.45) is 0.902. The Morgan fingerprint density at radius 3 is 1.85 bits per heavy atom. The second-order valence-corrected chi connectivity index (χ2v) is 19.4. The van der Waals surface area contributed by atoms with Crippen molar-refractivity contribution in [1.29, 1.82) is 0 Å². The largest absolute Gasteiger partial charge is 0.584 e. The van der Waals surface area contributed by atoms with Gasteiger partial charge in [-0.3, -0.25) is 4.79 Å². The smallest absolute Gasteiger partial charge is 0.507 e. The topological polar surface area (TPSA) is 220 Å². The van der Waals surface area contributed by atoms with Gasteiger partial charge in [0.1, 0.15) is 6.79 Å². The van der Waals surface area contributed by atoms with Crippen LogP contribution in [0.25, 0.3) is 0 Å². The highest BCUT2D eigenvalue weighted by Crippen LogP contribution is 2.54. The Morgan fingerprint density at radius 1 is 0.808 bits per heavy atom. The third-order valence-electron chi connectivity index (χ3n) is 7.52. The average molecular weight is 811 g/mol. The molecule has 1 N–H and O–H groups in total. The van der Waals surface area contributed by atoms with E-state index in [4.69, 9.17) is 80.2 Å². The van der Waals surface area contributed by atoms with E-state index < -0.39 is 49.7 Å². The Balaban J connectivity index is 2.12. The Labute approximate surface area is 308 Å². The molecule has 2 saturated heterocycles. The highest BCUT2D eigenvalue weighted by atomic mass is 28.4. The zero-order valence-corrected chi connectivity index (χ0v) is 34.9. The van der Waals surface area contributed by atoms with E-state index in [0.717, 1.165) is 0 Å². The molecule has 2 amide bonds. The molecule has 0 radical (unpaired) electrons. The highest BCUT2D eigenvalue weighted by molar-refractivity contribution is 6.80.